The number of carbonyl (C=O) groups is 1. The standard InChI is InChI=1S/C28H38N2O6/c1-9-29(4)21-12-19-18(13-23(33-5)16(3)26(19)35-7)20-11-17-10-15(2)25(34-6)27(36-8)24(17)22(14-31)30(20)28(21)32/h10,13,20-22,31H,9,11-12,14H2,1-8H3/t20-,21?,22-/m0/s1. The number of fused-ring (bicyclic) bond motifs is 4. The fourth-order valence-corrected chi connectivity index (χ4v) is 6.07. The molecule has 0 saturated carbocycles. The average molecular weight is 499 g/mol. The van der Waals surface area contributed by atoms with Crippen molar-refractivity contribution in [2.75, 3.05) is 48.6 Å². The fraction of sp³-hybridized carbons (Fsp3) is 0.536. The third-order valence-electron chi connectivity index (χ3n) is 7.92. The highest BCUT2D eigenvalue weighted by atomic mass is 16.5. The molecule has 0 spiro atoms. The number of amides is 1. The van der Waals surface area contributed by atoms with E-state index in [-0.39, 0.29) is 18.6 Å². The van der Waals surface area contributed by atoms with Crippen LogP contribution in [-0.2, 0) is 17.6 Å². The highest BCUT2D eigenvalue weighted by molar-refractivity contribution is 5.85. The van der Waals surface area contributed by atoms with E-state index in [1.54, 1.807) is 28.4 Å². The van der Waals surface area contributed by atoms with E-state index in [4.69, 9.17) is 18.9 Å². The number of carbonyl (C=O) groups excluding carboxylic acids is 1. The highest BCUT2D eigenvalue weighted by Gasteiger charge is 2.47. The molecule has 2 aromatic carbocycles. The van der Waals surface area contributed by atoms with Crippen LogP contribution in [0.4, 0.5) is 0 Å². The molecule has 1 N–H and O–H groups in total. The van der Waals surface area contributed by atoms with Crippen molar-refractivity contribution >= 4 is 5.91 Å². The van der Waals surface area contributed by atoms with Gasteiger partial charge in [0.25, 0.3) is 0 Å². The van der Waals surface area contributed by atoms with E-state index in [0.29, 0.717) is 30.9 Å². The van der Waals surface area contributed by atoms with Crippen LogP contribution in [0.5, 0.6) is 23.0 Å². The summed E-state index contributed by atoms with van der Waals surface area (Å²) in [6, 6.07) is 2.83. The Hall–Kier alpha value is -2.97. The lowest BCUT2D eigenvalue weighted by atomic mass is 9.82. The van der Waals surface area contributed by atoms with Crippen LogP contribution in [0.1, 0.15) is 52.4 Å². The van der Waals surface area contributed by atoms with Gasteiger partial charge in [0.2, 0.25) is 5.91 Å². The lowest BCUT2D eigenvalue weighted by Crippen LogP contribution is -2.51. The topological polar surface area (TPSA) is 80.7 Å². The Labute approximate surface area is 213 Å². The number of rotatable bonds is 7. The fourth-order valence-electron chi connectivity index (χ4n) is 6.07. The Balaban J connectivity index is 2.05. The van der Waals surface area contributed by atoms with Gasteiger partial charge in [-0.15, -0.1) is 0 Å². The lowest BCUT2D eigenvalue weighted by molar-refractivity contribution is -0.143. The van der Waals surface area contributed by atoms with Crippen molar-refractivity contribution in [1.82, 2.24) is 9.80 Å². The maximum Gasteiger partial charge on any atom is 0.241 e. The molecule has 4 rings (SSSR count). The van der Waals surface area contributed by atoms with E-state index in [2.05, 4.69) is 11.0 Å². The summed E-state index contributed by atoms with van der Waals surface area (Å²) in [5.74, 6) is 2.64. The van der Waals surface area contributed by atoms with Gasteiger partial charge in [0.1, 0.15) is 11.5 Å². The number of aliphatic hydroxyl groups excluding tert-OH is 1. The molecule has 1 amide bonds. The second kappa shape index (κ2) is 10.2. The van der Waals surface area contributed by atoms with Crippen LogP contribution >= 0.6 is 0 Å². The van der Waals surface area contributed by atoms with Crippen LogP contribution in [0.3, 0.4) is 0 Å². The smallest absolute Gasteiger partial charge is 0.241 e. The Bertz CT molecular complexity index is 1160. The first-order valence-electron chi connectivity index (χ1n) is 12.4. The lowest BCUT2D eigenvalue weighted by Gasteiger charge is -2.44. The summed E-state index contributed by atoms with van der Waals surface area (Å²) in [5.41, 5.74) is 5.70. The van der Waals surface area contributed by atoms with Gasteiger partial charge in [0, 0.05) is 23.1 Å². The van der Waals surface area contributed by atoms with Gasteiger partial charge in [-0.05, 0) is 56.6 Å². The van der Waals surface area contributed by atoms with Crippen molar-refractivity contribution in [3.8, 4) is 23.0 Å². The summed E-state index contributed by atoms with van der Waals surface area (Å²) in [6.45, 7) is 6.47. The van der Waals surface area contributed by atoms with E-state index in [1.165, 1.54) is 0 Å². The summed E-state index contributed by atoms with van der Waals surface area (Å²) in [7, 11) is 8.48. The first kappa shape index (κ1) is 26.1. The van der Waals surface area contributed by atoms with Gasteiger partial charge in [-0.2, -0.15) is 0 Å². The predicted octanol–water partition coefficient (Wildman–Crippen LogP) is 3.37. The largest absolute Gasteiger partial charge is 0.496 e. The Kier molecular flexibility index (Phi) is 7.38. The van der Waals surface area contributed by atoms with E-state index in [1.807, 2.05) is 38.8 Å². The first-order valence-corrected chi connectivity index (χ1v) is 12.4. The van der Waals surface area contributed by atoms with Gasteiger partial charge in [-0.1, -0.05) is 13.0 Å². The molecule has 8 heteroatoms. The van der Waals surface area contributed by atoms with Crippen LogP contribution in [-0.4, -0.2) is 75.5 Å². The third kappa shape index (κ3) is 3.87. The molecule has 0 saturated heterocycles. The average Bonchev–Trinajstić information content (AvgIpc) is 3.00. The van der Waals surface area contributed by atoms with Crippen molar-refractivity contribution in [2.45, 2.75) is 51.7 Å². The summed E-state index contributed by atoms with van der Waals surface area (Å²) >= 11 is 0. The van der Waals surface area contributed by atoms with Gasteiger partial charge >= 0.3 is 0 Å². The minimum absolute atomic E-state index is 0.0227. The molecule has 2 heterocycles. The minimum atomic E-state index is -0.590. The summed E-state index contributed by atoms with van der Waals surface area (Å²) in [4.78, 5) is 18.2. The molecule has 8 nitrogen and oxygen atoms in total. The van der Waals surface area contributed by atoms with Gasteiger partial charge in [0.05, 0.1) is 53.2 Å². The molecule has 196 valence electrons. The molecule has 0 bridgehead atoms. The number of nitrogens with zero attached hydrogens (tertiary/aromatic N) is 2. The van der Waals surface area contributed by atoms with Crippen molar-refractivity contribution in [3.63, 3.8) is 0 Å². The Morgan fingerprint density at radius 2 is 1.67 bits per heavy atom. The second-order valence-electron chi connectivity index (χ2n) is 9.59. The van der Waals surface area contributed by atoms with E-state index in [0.717, 1.165) is 44.9 Å². The van der Waals surface area contributed by atoms with Crippen LogP contribution < -0.4 is 18.9 Å². The quantitative estimate of drug-likeness (QED) is 0.627. The van der Waals surface area contributed by atoms with Gasteiger partial charge < -0.3 is 29.0 Å². The maximum absolute atomic E-state index is 14.3. The normalized spacial score (nSPS) is 20.9. The van der Waals surface area contributed by atoms with Crippen molar-refractivity contribution < 1.29 is 28.8 Å². The summed E-state index contributed by atoms with van der Waals surface area (Å²) in [5, 5.41) is 10.8. The highest BCUT2D eigenvalue weighted by Crippen LogP contribution is 2.52. The van der Waals surface area contributed by atoms with Gasteiger partial charge in [0.15, 0.2) is 11.5 Å². The molecule has 0 radical (unpaired) electrons. The first-order chi connectivity index (χ1) is 17.3. The van der Waals surface area contributed by atoms with Crippen LogP contribution in [0.15, 0.2) is 12.1 Å². The molecular formula is C28H38N2O6. The van der Waals surface area contributed by atoms with Crippen LogP contribution in [0.2, 0.25) is 0 Å². The van der Waals surface area contributed by atoms with Gasteiger partial charge in [-0.3, -0.25) is 9.69 Å². The van der Waals surface area contributed by atoms with Gasteiger partial charge in [-0.25, -0.2) is 0 Å². The van der Waals surface area contributed by atoms with Crippen molar-refractivity contribution in [2.24, 2.45) is 0 Å². The van der Waals surface area contributed by atoms with E-state index < -0.39 is 12.1 Å². The number of hydrogen-bond acceptors (Lipinski definition) is 7. The number of aliphatic hydroxyl groups is 1. The second-order valence-corrected chi connectivity index (χ2v) is 9.59. The molecule has 3 atom stereocenters. The Morgan fingerprint density at radius 3 is 2.22 bits per heavy atom. The molecule has 2 aliphatic heterocycles. The molecule has 0 fully saturated rings. The van der Waals surface area contributed by atoms with Crippen molar-refractivity contribution in [1.29, 1.82) is 0 Å². The minimum Gasteiger partial charge on any atom is -0.496 e. The summed E-state index contributed by atoms with van der Waals surface area (Å²) in [6.07, 6.45) is 1.08. The zero-order valence-corrected chi connectivity index (χ0v) is 22.6. The summed E-state index contributed by atoms with van der Waals surface area (Å²) < 4.78 is 23.1. The SMILES string of the molecule is CCN(C)C1Cc2c(cc(OC)c(C)c2OC)[C@@H]2Cc3cc(C)c(OC)c(OC)c3[C@H](CO)N2C1=O. The number of likely N-dealkylation sites (N-methyl/N-ethyl adjacent to an activating group) is 1. The molecular weight excluding hydrogens is 460 g/mol. The molecule has 1 unspecified atom stereocenters. The zero-order valence-electron chi connectivity index (χ0n) is 22.6. The number of benzene rings is 2. The number of aryl methyl sites for hydroxylation is 1. The molecule has 2 aliphatic rings. The van der Waals surface area contributed by atoms with Crippen molar-refractivity contribution in [3.05, 3.63) is 45.5 Å². The Morgan fingerprint density at radius 1 is 1.00 bits per heavy atom. The van der Waals surface area contributed by atoms with E-state index >= 15 is 0 Å². The monoisotopic (exact) mass is 498 g/mol. The third-order valence-corrected chi connectivity index (χ3v) is 7.92. The number of methoxy groups -OCH3 is 4. The van der Waals surface area contributed by atoms with E-state index in [9.17, 15) is 9.90 Å². The maximum atomic E-state index is 14.3. The number of hydrogen-bond donors (Lipinski definition) is 1. The molecule has 2 aromatic rings. The molecule has 0 aliphatic carbocycles. The van der Waals surface area contributed by atoms with Crippen LogP contribution in [0.25, 0.3) is 0 Å². The van der Waals surface area contributed by atoms with Crippen LogP contribution in [0, 0.1) is 13.8 Å². The molecule has 0 aromatic heterocycles. The molecule has 36 heavy (non-hydrogen) atoms. The predicted molar refractivity (Wildman–Crippen MR) is 137 cm³/mol. The zero-order chi connectivity index (χ0) is 26.3. The number of ether oxygens (including phenoxy) is 4.